The molecule has 2 atom stereocenters. The fraction of sp³-hybridized carbons (Fsp3) is 0.846. The lowest BCUT2D eigenvalue weighted by molar-refractivity contribution is 0.452. The first-order chi connectivity index (χ1) is 6.83. The highest BCUT2D eigenvalue weighted by Gasteiger charge is 2.14. The molecule has 1 fully saturated rings. The van der Waals surface area contributed by atoms with E-state index in [0.29, 0.717) is 0 Å². The molecule has 0 aromatic heterocycles. The molecule has 2 unspecified atom stereocenters. The maximum Gasteiger partial charge on any atom is 0.00672 e. The molecule has 1 rings (SSSR count). The van der Waals surface area contributed by atoms with Crippen molar-refractivity contribution in [3.8, 4) is 0 Å². The van der Waals surface area contributed by atoms with Gasteiger partial charge in [0.25, 0.3) is 0 Å². The van der Waals surface area contributed by atoms with Gasteiger partial charge in [0.2, 0.25) is 0 Å². The molecule has 0 aliphatic heterocycles. The molecule has 82 valence electrons. The molecule has 0 amide bonds. The van der Waals surface area contributed by atoms with Crippen LogP contribution in [-0.2, 0) is 0 Å². The quantitative estimate of drug-likeness (QED) is 0.411. The molecule has 14 heavy (non-hydrogen) atoms. The molecule has 1 heteroatoms. The Morgan fingerprint density at radius 3 is 2.86 bits per heavy atom. The SMILES string of the molecule is C/C=C/CCNC1CCCC(C)CC1. The lowest BCUT2D eigenvalue weighted by Crippen LogP contribution is -2.29. The average molecular weight is 195 g/mol. The predicted molar refractivity (Wildman–Crippen MR) is 63.5 cm³/mol. The standard InChI is InChI=1S/C13H25N/c1-3-4-5-11-14-13-8-6-7-12(2)9-10-13/h3-4,12-14H,5-11H2,1-2H3/b4-3+. The van der Waals surface area contributed by atoms with Crippen molar-refractivity contribution in [3.05, 3.63) is 12.2 Å². The smallest absolute Gasteiger partial charge is 0.00672 e. The molecular formula is C13H25N. The predicted octanol–water partition coefficient (Wildman–Crippen LogP) is 3.51. The van der Waals surface area contributed by atoms with Gasteiger partial charge < -0.3 is 5.32 Å². The Bertz CT molecular complexity index is 163. The average Bonchev–Trinajstić information content (AvgIpc) is 2.38. The van der Waals surface area contributed by atoms with Crippen molar-refractivity contribution in [1.29, 1.82) is 0 Å². The first kappa shape index (κ1) is 11.8. The van der Waals surface area contributed by atoms with Gasteiger partial charge in [0.1, 0.15) is 0 Å². The largest absolute Gasteiger partial charge is 0.314 e. The molecule has 1 aliphatic carbocycles. The number of hydrogen-bond acceptors (Lipinski definition) is 1. The van der Waals surface area contributed by atoms with Crippen LogP contribution in [0.2, 0.25) is 0 Å². The van der Waals surface area contributed by atoms with Gasteiger partial charge in [-0.25, -0.2) is 0 Å². The fourth-order valence-electron chi connectivity index (χ4n) is 2.23. The lowest BCUT2D eigenvalue weighted by atomic mass is 10.0. The number of nitrogens with one attached hydrogen (secondary N) is 1. The van der Waals surface area contributed by atoms with Crippen molar-refractivity contribution in [3.63, 3.8) is 0 Å². The van der Waals surface area contributed by atoms with Crippen LogP contribution in [0.25, 0.3) is 0 Å². The molecule has 0 spiro atoms. The maximum atomic E-state index is 3.67. The van der Waals surface area contributed by atoms with Crippen LogP contribution in [0.1, 0.15) is 52.4 Å². The summed E-state index contributed by atoms with van der Waals surface area (Å²) in [5, 5.41) is 3.67. The summed E-state index contributed by atoms with van der Waals surface area (Å²) < 4.78 is 0. The Morgan fingerprint density at radius 2 is 2.07 bits per heavy atom. The van der Waals surface area contributed by atoms with E-state index in [2.05, 4.69) is 31.3 Å². The summed E-state index contributed by atoms with van der Waals surface area (Å²) in [6, 6.07) is 0.796. The van der Waals surface area contributed by atoms with Crippen LogP contribution < -0.4 is 5.32 Å². The highest BCUT2D eigenvalue weighted by atomic mass is 14.9. The van der Waals surface area contributed by atoms with Gasteiger partial charge in [0.15, 0.2) is 0 Å². The van der Waals surface area contributed by atoms with Crippen LogP contribution in [-0.4, -0.2) is 12.6 Å². The second kappa shape index (κ2) is 7.05. The molecule has 1 saturated carbocycles. The van der Waals surface area contributed by atoms with Gasteiger partial charge in [0, 0.05) is 6.04 Å². The Morgan fingerprint density at radius 1 is 1.21 bits per heavy atom. The Kier molecular flexibility index (Phi) is 5.93. The van der Waals surface area contributed by atoms with Crippen molar-refractivity contribution in [2.24, 2.45) is 5.92 Å². The van der Waals surface area contributed by atoms with E-state index in [0.717, 1.165) is 18.5 Å². The van der Waals surface area contributed by atoms with E-state index < -0.39 is 0 Å². The molecule has 1 nitrogen and oxygen atoms in total. The summed E-state index contributed by atoms with van der Waals surface area (Å²) in [5.41, 5.74) is 0. The highest BCUT2D eigenvalue weighted by molar-refractivity contribution is 4.79. The van der Waals surface area contributed by atoms with Gasteiger partial charge in [-0.2, -0.15) is 0 Å². The summed E-state index contributed by atoms with van der Waals surface area (Å²) in [6.07, 6.45) is 12.6. The maximum absolute atomic E-state index is 3.67. The monoisotopic (exact) mass is 195 g/mol. The summed E-state index contributed by atoms with van der Waals surface area (Å²) in [4.78, 5) is 0. The van der Waals surface area contributed by atoms with Crippen LogP contribution in [0.3, 0.4) is 0 Å². The molecule has 0 saturated heterocycles. The van der Waals surface area contributed by atoms with Crippen molar-refractivity contribution in [2.45, 2.75) is 58.4 Å². The first-order valence-electron chi connectivity index (χ1n) is 6.17. The van der Waals surface area contributed by atoms with E-state index in [1.807, 2.05) is 0 Å². The first-order valence-corrected chi connectivity index (χ1v) is 6.17. The third-order valence-corrected chi connectivity index (χ3v) is 3.24. The topological polar surface area (TPSA) is 12.0 Å². The summed E-state index contributed by atoms with van der Waals surface area (Å²) >= 11 is 0. The van der Waals surface area contributed by atoms with Gasteiger partial charge in [-0.15, -0.1) is 0 Å². The zero-order chi connectivity index (χ0) is 10.2. The van der Waals surface area contributed by atoms with Crippen LogP contribution >= 0.6 is 0 Å². The minimum Gasteiger partial charge on any atom is -0.314 e. The van der Waals surface area contributed by atoms with Gasteiger partial charge in [-0.05, 0) is 45.1 Å². The summed E-state index contributed by atoms with van der Waals surface area (Å²) in [5.74, 6) is 0.956. The number of rotatable bonds is 4. The third-order valence-electron chi connectivity index (χ3n) is 3.24. The Hall–Kier alpha value is -0.300. The molecule has 0 bridgehead atoms. The van der Waals surface area contributed by atoms with Crippen LogP contribution in [0, 0.1) is 5.92 Å². The van der Waals surface area contributed by atoms with Gasteiger partial charge in [-0.1, -0.05) is 31.9 Å². The molecule has 1 N–H and O–H groups in total. The number of hydrogen-bond donors (Lipinski definition) is 1. The lowest BCUT2D eigenvalue weighted by Gasteiger charge is -2.15. The number of allylic oxidation sites excluding steroid dienone is 1. The Balaban J connectivity index is 2.11. The van der Waals surface area contributed by atoms with Crippen LogP contribution in [0.15, 0.2) is 12.2 Å². The molecule has 1 aliphatic rings. The molecule has 0 radical (unpaired) electrons. The minimum absolute atomic E-state index is 0.796. The second-order valence-corrected chi connectivity index (χ2v) is 4.62. The van der Waals surface area contributed by atoms with Crippen LogP contribution in [0.5, 0.6) is 0 Å². The van der Waals surface area contributed by atoms with Crippen molar-refractivity contribution in [1.82, 2.24) is 5.32 Å². The third kappa shape index (κ3) is 4.80. The normalized spacial score (nSPS) is 29.3. The van der Waals surface area contributed by atoms with Crippen molar-refractivity contribution >= 4 is 0 Å². The molecule has 0 aromatic carbocycles. The zero-order valence-electron chi connectivity index (χ0n) is 9.76. The van der Waals surface area contributed by atoms with E-state index in [4.69, 9.17) is 0 Å². The van der Waals surface area contributed by atoms with E-state index in [1.165, 1.54) is 38.5 Å². The van der Waals surface area contributed by atoms with Gasteiger partial charge in [-0.3, -0.25) is 0 Å². The molecular weight excluding hydrogens is 170 g/mol. The Labute approximate surface area is 89.0 Å². The van der Waals surface area contributed by atoms with E-state index in [-0.39, 0.29) is 0 Å². The second-order valence-electron chi connectivity index (χ2n) is 4.62. The van der Waals surface area contributed by atoms with Gasteiger partial charge >= 0.3 is 0 Å². The summed E-state index contributed by atoms with van der Waals surface area (Å²) in [7, 11) is 0. The van der Waals surface area contributed by atoms with Gasteiger partial charge in [0.05, 0.1) is 0 Å². The minimum atomic E-state index is 0.796. The van der Waals surface area contributed by atoms with Crippen molar-refractivity contribution in [2.75, 3.05) is 6.54 Å². The van der Waals surface area contributed by atoms with E-state index in [9.17, 15) is 0 Å². The van der Waals surface area contributed by atoms with Crippen molar-refractivity contribution < 1.29 is 0 Å². The fourth-order valence-corrected chi connectivity index (χ4v) is 2.23. The zero-order valence-corrected chi connectivity index (χ0v) is 9.76. The molecule has 0 aromatic rings. The van der Waals surface area contributed by atoms with Crippen LogP contribution in [0.4, 0.5) is 0 Å². The summed E-state index contributed by atoms with van der Waals surface area (Å²) in [6.45, 7) is 5.64. The molecule has 0 heterocycles. The van der Waals surface area contributed by atoms with E-state index >= 15 is 0 Å². The van der Waals surface area contributed by atoms with E-state index in [1.54, 1.807) is 0 Å². The highest BCUT2D eigenvalue weighted by Crippen LogP contribution is 2.22.